The molecule has 0 aliphatic rings. The number of hydrogen-bond donors (Lipinski definition) is 1. The molecule has 8 heteroatoms. The number of benzene rings is 2. The summed E-state index contributed by atoms with van der Waals surface area (Å²) in [6, 6.07) is 11.5. The van der Waals surface area contributed by atoms with Gasteiger partial charge in [-0.3, -0.25) is 9.59 Å². The maximum atomic E-state index is 13.2. The van der Waals surface area contributed by atoms with Crippen LogP contribution in [0.1, 0.15) is 33.3 Å². The highest BCUT2D eigenvalue weighted by Crippen LogP contribution is 2.27. The van der Waals surface area contributed by atoms with Gasteiger partial charge < -0.3 is 24.4 Å². The van der Waals surface area contributed by atoms with Crippen LogP contribution in [0.15, 0.2) is 42.5 Å². The maximum absolute atomic E-state index is 13.2. The van der Waals surface area contributed by atoms with Gasteiger partial charge in [0.25, 0.3) is 5.91 Å². The summed E-state index contributed by atoms with van der Waals surface area (Å²) in [6.07, 6.45) is 0. The first-order chi connectivity index (χ1) is 15.0. The summed E-state index contributed by atoms with van der Waals surface area (Å²) in [4.78, 5) is 27.4. The SMILES string of the molecule is COc1cc(OC)cc(OCC(=O)N(Cc2cccc(Cl)c2)C(C)C(=O)NC(C)(C)C)c1. The molecule has 32 heavy (non-hydrogen) atoms. The Morgan fingerprint density at radius 1 is 1.03 bits per heavy atom. The Morgan fingerprint density at radius 2 is 1.62 bits per heavy atom. The van der Waals surface area contributed by atoms with Crippen LogP contribution in [0.4, 0.5) is 0 Å². The Labute approximate surface area is 194 Å². The van der Waals surface area contributed by atoms with E-state index in [4.69, 9.17) is 25.8 Å². The Morgan fingerprint density at radius 3 is 2.16 bits per heavy atom. The molecule has 0 fully saturated rings. The number of ether oxygens (including phenoxy) is 3. The lowest BCUT2D eigenvalue weighted by Gasteiger charge is -2.31. The van der Waals surface area contributed by atoms with Crippen molar-refractivity contribution < 1.29 is 23.8 Å². The molecule has 0 bridgehead atoms. The Kier molecular flexibility index (Phi) is 8.78. The average molecular weight is 463 g/mol. The van der Waals surface area contributed by atoms with Gasteiger partial charge in [0.05, 0.1) is 14.2 Å². The molecule has 2 amide bonds. The van der Waals surface area contributed by atoms with Gasteiger partial charge in [-0.25, -0.2) is 0 Å². The first-order valence-corrected chi connectivity index (χ1v) is 10.6. The molecule has 0 aromatic heterocycles. The smallest absolute Gasteiger partial charge is 0.261 e. The third-order valence-electron chi connectivity index (χ3n) is 4.59. The predicted molar refractivity (Wildman–Crippen MR) is 124 cm³/mol. The van der Waals surface area contributed by atoms with Crippen molar-refractivity contribution in [3.8, 4) is 17.2 Å². The van der Waals surface area contributed by atoms with E-state index in [9.17, 15) is 9.59 Å². The molecule has 1 unspecified atom stereocenters. The minimum atomic E-state index is -0.718. The highest BCUT2D eigenvalue weighted by atomic mass is 35.5. The fourth-order valence-corrected chi connectivity index (χ4v) is 3.19. The topological polar surface area (TPSA) is 77.1 Å². The van der Waals surface area contributed by atoms with Crippen LogP contribution in [0.25, 0.3) is 0 Å². The molecule has 2 rings (SSSR count). The van der Waals surface area contributed by atoms with Crippen molar-refractivity contribution in [2.24, 2.45) is 0 Å². The van der Waals surface area contributed by atoms with Crippen molar-refractivity contribution in [1.29, 1.82) is 0 Å². The Balaban J connectivity index is 2.22. The number of nitrogens with one attached hydrogen (secondary N) is 1. The normalized spacial score (nSPS) is 12.0. The third-order valence-corrected chi connectivity index (χ3v) is 4.83. The Hall–Kier alpha value is -2.93. The van der Waals surface area contributed by atoms with Gasteiger partial charge >= 0.3 is 0 Å². The summed E-state index contributed by atoms with van der Waals surface area (Å²) in [5, 5.41) is 3.48. The second kappa shape index (κ2) is 11.1. The molecule has 2 aromatic carbocycles. The highest BCUT2D eigenvalue weighted by Gasteiger charge is 2.28. The van der Waals surface area contributed by atoms with Gasteiger partial charge in [-0.05, 0) is 45.4 Å². The number of amides is 2. The molecule has 0 radical (unpaired) electrons. The van der Waals surface area contributed by atoms with Crippen LogP contribution < -0.4 is 19.5 Å². The summed E-state index contributed by atoms with van der Waals surface area (Å²) in [5.41, 5.74) is 0.383. The van der Waals surface area contributed by atoms with Crippen molar-refractivity contribution in [1.82, 2.24) is 10.2 Å². The van der Waals surface area contributed by atoms with E-state index in [2.05, 4.69) is 5.32 Å². The molecule has 1 atom stereocenters. The number of carbonyl (C=O) groups is 2. The van der Waals surface area contributed by atoms with Crippen LogP contribution >= 0.6 is 11.6 Å². The first kappa shape index (κ1) is 25.3. The molecular formula is C24H31ClN2O5. The quantitative estimate of drug-likeness (QED) is 0.607. The fraction of sp³-hybridized carbons (Fsp3) is 0.417. The lowest BCUT2D eigenvalue weighted by molar-refractivity contribution is -0.142. The van der Waals surface area contributed by atoms with E-state index in [1.165, 1.54) is 19.1 Å². The standard InChI is InChI=1S/C24H31ClN2O5/c1-16(23(29)26-24(2,3)4)27(14-17-8-7-9-18(25)10-17)22(28)15-32-21-12-19(30-5)11-20(13-21)31-6/h7-13,16H,14-15H2,1-6H3,(H,26,29). The van der Waals surface area contributed by atoms with Gasteiger partial charge in [-0.15, -0.1) is 0 Å². The maximum Gasteiger partial charge on any atom is 0.261 e. The predicted octanol–water partition coefficient (Wildman–Crippen LogP) is 4.07. The summed E-state index contributed by atoms with van der Waals surface area (Å²) in [7, 11) is 3.07. The van der Waals surface area contributed by atoms with Crippen LogP contribution in [0.5, 0.6) is 17.2 Å². The minimum absolute atomic E-state index is 0.211. The lowest BCUT2D eigenvalue weighted by Crippen LogP contribution is -2.53. The zero-order valence-electron chi connectivity index (χ0n) is 19.4. The average Bonchev–Trinajstić information content (AvgIpc) is 2.73. The van der Waals surface area contributed by atoms with E-state index < -0.39 is 11.6 Å². The van der Waals surface area contributed by atoms with E-state index >= 15 is 0 Å². The monoisotopic (exact) mass is 462 g/mol. The van der Waals surface area contributed by atoms with E-state index in [-0.39, 0.29) is 25.0 Å². The van der Waals surface area contributed by atoms with Gasteiger partial charge in [0.2, 0.25) is 5.91 Å². The molecule has 1 N–H and O–H groups in total. The molecule has 174 valence electrons. The first-order valence-electron chi connectivity index (χ1n) is 10.2. The molecule has 0 aliphatic heterocycles. The summed E-state index contributed by atoms with van der Waals surface area (Å²) in [6.45, 7) is 7.31. The van der Waals surface area contributed by atoms with E-state index in [1.54, 1.807) is 43.3 Å². The number of halogens is 1. The molecule has 0 saturated heterocycles. The summed E-state index contributed by atoms with van der Waals surface area (Å²) >= 11 is 6.10. The molecular weight excluding hydrogens is 432 g/mol. The van der Waals surface area contributed by atoms with E-state index in [1.807, 2.05) is 26.8 Å². The highest BCUT2D eigenvalue weighted by molar-refractivity contribution is 6.30. The van der Waals surface area contributed by atoms with Crippen LogP contribution in [-0.4, -0.2) is 49.1 Å². The zero-order chi connectivity index (χ0) is 23.9. The van der Waals surface area contributed by atoms with Crippen molar-refractivity contribution in [2.75, 3.05) is 20.8 Å². The second-order valence-corrected chi connectivity index (χ2v) is 8.84. The zero-order valence-corrected chi connectivity index (χ0v) is 20.2. The van der Waals surface area contributed by atoms with E-state index in [0.29, 0.717) is 22.3 Å². The molecule has 0 spiro atoms. The fourth-order valence-electron chi connectivity index (χ4n) is 2.98. The molecule has 0 heterocycles. The van der Waals surface area contributed by atoms with Gasteiger partial charge in [0.15, 0.2) is 6.61 Å². The lowest BCUT2D eigenvalue weighted by atomic mass is 10.1. The number of carbonyl (C=O) groups excluding carboxylic acids is 2. The third kappa shape index (κ3) is 7.64. The van der Waals surface area contributed by atoms with E-state index in [0.717, 1.165) is 5.56 Å². The van der Waals surface area contributed by atoms with Crippen LogP contribution in [0.3, 0.4) is 0 Å². The second-order valence-electron chi connectivity index (χ2n) is 8.40. The minimum Gasteiger partial charge on any atom is -0.496 e. The Bertz CT molecular complexity index is 920. The summed E-state index contributed by atoms with van der Waals surface area (Å²) < 4.78 is 16.2. The molecule has 2 aromatic rings. The number of hydrogen-bond acceptors (Lipinski definition) is 5. The van der Waals surface area contributed by atoms with Crippen LogP contribution in [0, 0.1) is 0 Å². The van der Waals surface area contributed by atoms with Gasteiger partial charge in [-0.1, -0.05) is 23.7 Å². The van der Waals surface area contributed by atoms with Crippen molar-refractivity contribution >= 4 is 23.4 Å². The largest absolute Gasteiger partial charge is 0.496 e. The number of rotatable bonds is 9. The molecule has 0 aliphatic carbocycles. The van der Waals surface area contributed by atoms with Gasteiger partial charge in [0, 0.05) is 35.3 Å². The molecule has 0 saturated carbocycles. The van der Waals surface area contributed by atoms with Crippen molar-refractivity contribution in [3.05, 3.63) is 53.1 Å². The van der Waals surface area contributed by atoms with Crippen LogP contribution in [-0.2, 0) is 16.1 Å². The summed E-state index contributed by atoms with van der Waals surface area (Å²) in [5.74, 6) is 0.907. The number of nitrogens with zero attached hydrogens (tertiary/aromatic N) is 1. The van der Waals surface area contributed by atoms with Gasteiger partial charge in [-0.2, -0.15) is 0 Å². The molecule has 7 nitrogen and oxygen atoms in total. The van der Waals surface area contributed by atoms with Gasteiger partial charge in [0.1, 0.15) is 23.3 Å². The van der Waals surface area contributed by atoms with Crippen molar-refractivity contribution in [3.63, 3.8) is 0 Å². The van der Waals surface area contributed by atoms with Crippen molar-refractivity contribution in [2.45, 2.75) is 45.8 Å². The number of methoxy groups -OCH3 is 2. The van der Waals surface area contributed by atoms with Crippen LogP contribution in [0.2, 0.25) is 5.02 Å².